The van der Waals surface area contributed by atoms with Gasteiger partial charge in [-0.05, 0) is 59.8 Å². The molecule has 0 aliphatic heterocycles. The molecule has 7 nitrogen and oxygen atoms in total. The number of methoxy groups -OCH3 is 1. The Bertz CT molecular complexity index is 1570. The second kappa shape index (κ2) is 8.95. The molecular weight excluding hydrogens is 442 g/mol. The summed E-state index contributed by atoms with van der Waals surface area (Å²) in [5, 5.41) is 32.1. The largest absolute Gasteiger partial charge is 0.508 e. The minimum absolute atomic E-state index is 0.0614. The Morgan fingerprint density at radius 3 is 1.89 bits per heavy atom. The van der Waals surface area contributed by atoms with Gasteiger partial charge in [-0.15, -0.1) is 0 Å². The van der Waals surface area contributed by atoms with E-state index in [1.165, 1.54) is 12.1 Å². The van der Waals surface area contributed by atoms with Gasteiger partial charge in [-0.25, -0.2) is 15.0 Å². The van der Waals surface area contributed by atoms with E-state index in [0.29, 0.717) is 23.6 Å². The van der Waals surface area contributed by atoms with Crippen molar-refractivity contribution in [3.05, 3.63) is 78.4 Å². The van der Waals surface area contributed by atoms with Crippen molar-refractivity contribution in [1.82, 2.24) is 15.0 Å². The van der Waals surface area contributed by atoms with E-state index in [-0.39, 0.29) is 23.1 Å². The lowest BCUT2D eigenvalue weighted by molar-refractivity contribution is 0.420. The Hall–Kier alpha value is -4.65. The van der Waals surface area contributed by atoms with Crippen LogP contribution >= 0.6 is 0 Å². The maximum Gasteiger partial charge on any atom is 0.167 e. The first-order chi connectivity index (χ1) is 17.0. The molecule has 0 unspecified atom stereocenters. The van der Waals surface area contributed by atoms with Gasteiger partial charge in [0, 0.05) is 22.6 Å². The Morgan fingerprint density at radius 2 is 1.23 bits per heavy atom. The molecule has 0 aliphatic carbocycles. The van der Waals surface area contributed by atoms with Gasteiger partial charge in [0.25, 0.3) is 0 Å². The van der Waals surface area contributed by atoms with Crippen LogP contribution in [0.5, 0.6) is 23.0 Å². The molecule has 0 saturated carbocycles. The molecule has 0 atom stereocenters. The van der Waals surface area contributed by atoms with Crippen LogP contribution in [0.15, 0.2) is 72.8 Å². The van der Waals surface area contributed by atoms with E-state index < -0.39 is 0 Å². The van der Waals surface area contributed by atoms with Gasteiger partial charge in [0.2, 0.25) is 0 Å². The maximum atomic E-state index is 10.5. The maximum absolute atomic E-state index is 10.5. The lowest BCUT2D eigenvalue weighted by Crippen LogP contribution is -2.02. The normalized spacial score (nSPS) is 11.0. The summed E-state index contributed by atoms with van der Waals surface area (Å²) in [5.74, 6) is 1.79. The Morgan fingerprint density at radius 1 is 0.657 bits per heavy atom. The van der Waals surface area contributed by atoms with Gasteiger partial charge in [-0.1, -0.05) is 31.2 Å². The first-order valence-electron chi connectivity index (χ1n) is 11.1. The number of nitrogens with zero attached hydrogens (tertiary/aromatic N) is 3. The lowest BCUT2D eigenvalue weighted by atomic mass is 10.0. The highest BCUT2D eigenvalue weighted by molar-refractivity contribution is 5.99. The smallest absolute Gasteiger partial charge is 0.167 e. The average molecular weight is 466 g/mol. The number of phenolic OH excluding ortho intramolecular Hbond substituents is 3. The van der Waals surface area contributed by atoms with Crippen molar-refractivity contribution in [3.63, 3.8) is 0 Å². The zero-order valence-electron chi connectivity index (χ0n) is 19.2. The lowest BCUT2D eigenvalue weighted by Gasteiger charge is -2.14. The summed E-state index contributed by atoms with van der Waals surface area (Å²) in [4.78, 5) is 14.2. The molecule has 0 bridgehead atoms. The van der Waals surface area contributed by atoms with Crippen LogP contribution in [0.3, 0.4) is 0 Å². The highest BCUT2D eigenvalue weighted by atomic mass is 16.5. The number of aromatic hydroxyl groups is 3. The van der Waals surface area contributed by atoms with Gasteiger partial charge >= 0.3 is 0 Å². The van der Waals surface area contributed by atoms with Gasteiger partial charge in [0.15, 0.2) is 17.5 Å². The number of phenols is 3. The molecule has 0 fully saturated rings. The summed E-state index contributed by atoms with van der Waals surface area (Å²) in [6, 6.07) is 21.0. The van der Waals surface area contributed by atoms with Crippen molar-refractivity contribution in [1.29, 1.82) is 0 Å². The first kappa shape index (κ1) is 22.2. The molecule has 174 valence electrons. The fraction of sp³-hybridized carbons (Fsp3) is 0.107. The second-order valence-electron chi connectivity index (χ2n) is 8.06. The van der Waals surface area contributed by atoms with E-state index in [2.05, 4.69) is 4.98 Å². The highest BCUT2D eigenvalue weighted by Crippen LogP contribution is 2.37. The van der Waals surface area contributed by atoms with Gasteiger partial charge in [0.05, 0.1) is 12.7 Å². The minimum atomic E-state index is -0.144. The second-order valence-corrected chi connectivity index (χ2v) is 8.06. The van der Waals surface area contributed by atoms with Crippen molar-refractivity contribution in [2.24, 2.45) is 0 Å². The van der Waals surface area contributed by atoms with Gasteiger partial charge in [0.1, 0.15) is 23.0 Å². The molecule has 1 heterocycles. The first-order valence-corrected chi connectivity index (χ1v) is 11.1. The topological polar surface area (TPSA) is 109 Å². The number of fused-ring (bicyclic) bond motifs is 1. The van der Waals surface area contributed by atoms with Crippen LogP contribution in [0, 0.1) is 0 Å². The zero-order valence-corrected chi connectivity index (χ0v) is 19.2. The fourth-order valence-electron chi connectivity index (χ4n) is 4.18. The molecule has 3 N–H and O–H groups in total. The van der Waals surface area contributed by atoms with Crippen LogP contribution in [0.4, 0.5) is 0 Å². The molecule has 5 aromatic rings. The summed E-state index contributed by atoms with van der Waals surface area (Å²) in [6.07, 6.45) is 0.663. The number of aromatic nitrogens is 3. The Labute approximate surface area is 202 Å². The molecule has 7 heteroatoms. The van der Waals surface area contributed by atoms with Crippen LogP contribution in [0.2, 0.25) is 0 Å². The molecule has 1 aromatic heterocycles. The van der Waals surface area contributed by atoms with Crippen LogP contribution in [-0.4, -0.2) is 37.4 Å². The monoisotopic (exact) mass is 465 g/mol. The molecular formula is C28H23N3O4. The van der Waals surface area contributed by atoms with Gasteiger partial charge < -0.3 is 20.1 Å². The van der Waals surface area contributed by atoms with Gasteiger partial charge in [-0.3, -0.25) is 0 Å². The molecule has 35 heavy (non-hydrogen) atoms. The molecule has 4 aromatic carbocycles. The summed E-state index contributed by atoms with van der Waals surface area (Å²) in [6.45, 7) is 1.99. The Kier molecular flexibility index (Phi) is 5.66. The van der Waals surface area contributed by atoms with Crippen molar-refractivity contribution in [2.45, 2.75) is 13.3 Å². The van der Waals surface area contributed by atoms with Crippen molar-refractivity contribution < 1.29 is 20.1 Å². The third kappa shape index (κ3) is 4.08. The highest BCUT2D eigenvalue weighted by Gasteiger charge is 2.18. The molecule has 0 aliphatic rings. The number of aryl methyl sites for hydroxylation is 1. The minimum Gasteiger partial charge on any atom is -0.508 e. The van der Waals surface area contributed by atoms with Crippen LogP contribution in [-0.2, 0) is 6.42 Å². The van der Waals surface area contributed by atoms with Crippen molar-refractivity contribution in [3.8, 4) is 57.2 Å². The standard InChI is InChI=1S/C28H23N3O4/c1-3-16-14-17(32)8-10-19(16)26-29-27(31-28(30-26)23-11-9-18(33)15-24(23)34)22-12-13-25(35-2)21-7-5-4-6-20(21)22/h4-15,32-34H,3H2,1-2H3. The molecule has 0 radical (unpaired) electrons. The molecule has 5 rings (SSSR count). The number of hydrogen-bond acceptors (Lipinski definition) is 7. The summed E-state index contributed by atoms with van der Waals surface area (Å²) in [7, 11) is 1.63. The van der Waals surface area contributed by atoms with Crippen LogP contribution in [0.1, 0.15) is 12.5 Å². The van der Waals surface area contributed by atoms with E-state index in [1.54, 1.807) is 31.4 Å². The van der Waals surface area contributed by atoms with Gasteiger partial charge in [-0.2, -0.15) is 0 Å². The van der Waals surface area contributed by atoms with Crippen molar-refractivity contribution in [2.75, 3.05) is 7.11 Å². The van der Waals surface area contributed by atoms with Crippen LogP contribution < -0.4 is 4.74 Å². The Balaban J connectivity index is 1.81. The fourth-order valence-corrected chi connectivity index (χ4v) is 4.18. The zero-order chi connectivity index (χ0) is 24.5. The van der Waals surface area contributed by atoms with E-state index in [4.69, 9.17) is 14.7 Å². The quantitative estimate of drug-likeness (QED) is 0.305. The SMILES string of the molecule is CCc1cc(O)ccc1-c1nc(-c2ccc(O)cc2O)nc(-c2ccc(OC)c3ccccc23)n1. The van der Waals surface area contributed by atoms with E-state index in [1.807, 2.05) is 43.3 Å². The number of benzene rings is 4. The summed E-state index contributed by atoms with van der Waals surface area (Å²) < 4.78 is 5.54. The predicted octanol–water partition coefficient (Wildman–Crippen LogP) is 5.71. The number of rotatable bonds is 5. The predicted molar refractivity (Wildman–Crippen MR) is 135 cm³/mol. The summed E-state index contributed by atoms with van der Waals surface area (Å²) >= 11 is 0. The molecule has 0 saturated heterocycles. The van der Waals surface area contributed by atoms with E-state index in [9.17, 15) is 15.3 Å². The van der Waals surface area contributed by atoms with E-state index >= 15 is 0 Å². The molecule has 0 spiro atoms. The third-order valence-electron chi connectivity index (χ3n) is 5.91. The number of hydrogen-bond donors (Lipinski definition) is 3. The molecule has 0 amide bonds. The summed E-state index contributed by atoms with van der Waals surface area (Å²) in [5.41, 5.74) is 2.78. The van der Waals surface area contributed by atoms with Crippen molar-refractivity contribution >= 4 is 10.8 Å². The third-order valence-corrected chi connectivity index (χ3v) is 5.91. The number of ether oxygens (including phenoxy) is 1. The van der Waals surface area contributed by atoms with E-state index in [0.717, 1.165) is 33.2 Å². The van der Waals surface area contributed by atoms with Crippen LogP contribution in [0.25, 0.3) is 44.9 Å². The average Bonchev–Trinajstić information content (AvgIpc) is 2.87.